The quantitative estimate of drug-likeness (QED) is 0.678. The summed E-state index contributed by atoms with van der Waals surface area (Å²) in [7, 11) is 0. The van der Waals surface area contributed by atoms with Crippen molar-refractivity contribution in [3.8, 4) is 0 Å². The SMILES string of the molecule is O[C@@H]1CN=C(NCCc2ccccc2)NC1. The number of aliphatic hydroxyl groups excluding tert-OH is 1. The Balaban J connectivity index is 1.72. The zero-order valence-electron chi connectivity index (χ0n) is 9.19. The second kappa shape index (κ2) is 5.51. The number of aliphatic hydroxyl groups is 1. The maximum atomic E-state index is 9.23. The number of β-amino-alcohol motifs (C(OH)–C–C–N with tert-alkyl or cyclic N) is 1. The highest BCUT2D eigenvalue weighted by Gasteiger charge is 2.10. The number of aliphatic imine (C=N–C) groups is 1. The summed E-state index contributed by atoms with van der Waals surface area (Å²) < 4.78 is 0. The molecule has 0 aliphatic carbocycles. The monoisotopic (exact) mass is 219 g/mol. The number of nitrogens with one attached hydrogen (secondary N) is 2. The van der Waals surface area contributed by atoms with Crippen LogP contribution in [0.25, 0.3) is 0 Å². The molecule has 1 aliphatic heterocycles. The molecule has 0 bridgehead atoms. The number of rotatable bonds is 3. The lowest BCUT2D eigenvalue weighted by molar-refractivity contribution is 0.180. The van der Waals surface area contributed by atoms with Gasteiger partial charge in [0.2, 0.25) is 0 Å². The van der Waals surface area contributed by atoms with Crippen molar-refractivity contribution < 1.29 is 5.11 Å². The van der Waals surface area contributed by atoms with Gasteiger partial charge in [-0.25, -0.2) is 0 Å². The maximum absolute atomic E-state index is 9.23. The van der Waals surface area contributed by atoms with Crippen LogP contribution in [0.5, 0.6) is 0 Å². The summed E-state index contributed by atoms with van der Waals surface area (Å²) in [5, 5.41) is 15.5. The van der Waals surface area contributed by atoms with Gasteiger partial charge in [-0.3, -0.25) is 4.99 Å². The number of nitrogens with zero attached hydrogens (tertiary/aromatic N) is 1. The van der Waals surface area contributed by atoms with Crippen molar-refractivity contribution in [1.82, 2.24) is 10.6 Å². The zero-order chi connectivity index (χ0) is 11.2. The van der Waals surface area contributed by atoms with Gasteiger partial charge in [0.25, 0.3) is 0 Å². The van der Waals surface area contributed by atoms with E-state index in [-0.39, 0.29) is 6.10 Å². The molecule has 1 aliphatic rings. The number of hydrogen-bond acceptors (Lipinski definition) is 4. The molecule has 2 rings (SSSR count). The van der Waals surface area contributed by atoms with Gasteiger partial charge in [0, 0.05) is 13.1 Å². The van der Waals surface area contributed by atoms with Crippen LogP contribution in [0.4, 0.5) is 0 Å². The predicted molar refractivity (Wildman–Crippen MR) is 64.5 cm³/mol. The molecule has 1 atom stereocenters. The van der Waals surface area contributed by atoms with Crippen LogP contribution >= 0.6 is 0 Å². The second-order valence-corrected chi connectivity index (χ2v) is 3.89. The number of guanidine groups is 1. The molecule has 1 aromatic carbocycles. The Bertz CT molecular complexity index is 351. The maximum Gasteiger partial charge on any atom is 0.191 e. The lowest BCUT2D eigenvalue weighted by Gasteiger charge is -2.19. The molecule has 0 fully saturated rings. The summed E-state index contributed by atoms with van der Waals surface area (Å²) in [6, 6.07) is 10.3. The molecule has 3 N–H and O–H groups in total. The van der Waals surface area contributed by atoms with Gasteiger partial charge in [-0.2, -0.15) is 0 Å². The van der Waals surface area contributed by atoms with E-state index in [9.17, 15) is 5.11 Å². The minimum atomic E-state index is -0.348. The first-order chi connectivity index (χ1) is 7.84. The zero-order valence-corrected chi connectivity index (χ0v) is 9.19. The van der Waals surface area contributed by atoms with Gasteiger partial charge in [0.15, 0.2) is 5.96 Å². The predicted octanol–water partition coefficient (Wildman–Crippen LogP) is 0.139. The molecular weight excluding hydrogens is 202 g/mol. The highest BCUT2D eigenvalue weighted by molar-refractivity contribution is 5.80. The topological polar surface area (TPSA) is 56.7 Å². The van der Waals surface area contributed by atoms with E-state index in [4.69, 9.17) is 0 Å². The summed E-state index contributed by atoms with van der Waals surface area (Å²) in [4.78, 5) is 4.19. The van der Waals surface area contributed by atoms with Crippen LogP contribution in [0.2, 0.25) is 0 Å². The Hall–Kier alpha value is -1.55. The van der Waals surface area contributed by atoms with E-state index in [1.807, 2.05) is 18.2 Å². The molecule has 0 aromatic heterocycles. The van der Waals surface area contributed by atoms with Crippen LogP contribution in [0.15, 0.2) is 35.3 Å². The molecule has 86 valence electrons. The first-order valence-corrected chi connectivity index (χ1v) is 5.59. The van der Waals surface area contributed by atoms with E-state index in [2.05, 4.69) is 27.8 Å². The highest BCUT2D eigenvalue weighted by atomic mass is 16.3. The smallest absolute Gasteiger partial charge is 0.191 e. The molecule has 0 saturated heterocycles. The average molecular weight is 219 g/mol. The van der Waals surface area contributed by atoms with Crippen molar-refractivity contribution in [2.45, 2.75) is 12.5 Å². The lowest BCUT2D eigenvalue weighted by atomic mass is 10.1. The average Bonchev–Trinajstić information content (AvgIpc) is 2.33. The summed E-state index contributed by atoms with van der Waals surface area (Å²) >= 11 is 0. The Morgan fingerprint density at radius 3 is 2.88 bits per heavy atom. The molecule has 4 nitrogen and oxygen atoms in total. The molecule has 0 spiro atoms. The molecule has 1 aromatic rings. The van der Waals surface area contributed by atoms with Crippen molar-refractivity contribution in [1.29, 1.82) is 0 Å². The molecular formula is C12H17N3O. The molecule has 1 heterocycles. The van der Waals surface area contributed by atoms with Crippen molar-refractivity contribution >= 4 is 5.96 Å². The fourth-order valence-electron chi connectivity index (χ4n) is 1.62. The van der Waals surface area contributed by atoms with Crippen molar-refractivity contribution in [2.75, 3.05) is 19.6 Å². The van der Waals surface area contributed by atoms with Gasteiger partial charge in [-0.05, 0) is 12.0 Å². The Labute approximate surface area is 95.4 Å². The first kappa shape index (κ1) is 11.0. The molecule has 0 radical (unpaired) electrons. The lowest BCUT2D eigenvalue weighted by Crippen LogP contribution is -2.46. The summed E-state index contributed by atoms with van der Waals surface area (Å²) in [6.07, 6.45) is 0.629. The number of hydrogen-bond donors (Lipinski definition) is 3. The van der Waals surface area contributed by atoms with E-state index < -0.39 is 0 Å². The van der Waals surface area contributed by atoms with E-state index in [1.54, 1.807) is 0 Å². The van der Waals surface area contributed by atoms with Crippen LogP contribution in [-0.2, 0) is 6.42 Å². The van der Waals surface area contributed by atoms with Gasteiger partial charge < -0.3 is 15.7 Å². The Kier molecular flexibility index (Phi) is 3.77. The van der Waals surface area contributed by atoms with Gasteiger partial charge in [0.05, 0.1) is 12.6 Å². The third-order valence-corrected chi connectivity index (χ3v) is 2.51. The molecule has 0 amide bonds. The molecule has 0 saturated carbocycles. The summed E-state index contributed by atoms with van der Waals surface area (Å²) in [5.41, 5.74) is 1.31. The van der Waals surface area contributed by atoms with Crippen LogP contribution in [0.3, 0.4) is 0 Å². The highest BCUT2D eigenvalue weighted by Crippen LogP contribution is 1.98. The van der Waals surface area contributed by atoms with Crippen molar-refractivity contribution in [3.63, 3.8) is 0 Å². The van der Waals surface area contributed by atoms with Gasteiger partial charge in [-0.1, -0.05) is 30.3 Å². The van der Waals surface area contributed by atoms with Crippen LogP contribution in [-0.4, -0.2) is 36.8 Å². The van der Waals surface area contributed by atoms with Crippen LogP contribution < -0.4 is 10.6 Å². The van der Waals surface area contributed by atoms with Crippen LogP contribution in [0.1, 0.15) is 5.56 Å². The van der Waals surface area contributed by atoms with Crippen molar-refractivity contribution in [2.24, 2.45) is 4.99 Å². The summed E-state index contributed by atoms with van der Waals surface area (Å²) in [5.74, 6) is 0.793. The van der Waals surface area contributed by atoms with Gasteiger partial charge in [0.1, 0.15) is 0 Å². The minimum absolute atomic E-state index is 0.348. The van der Waals surface area contributed by atoms with E-state index in [0.717, 1.165) is 18.9 Å². The van der Waals surface area contributed by atoms with Crippen molar-refractivity contribution in [3.05, 3.63) is 35.9 Å². The summed E-state index contributed by atoms with van der Waals surface area (Å²) in [6.45, 7) is 1.92. The standard InChI is InChI=1S/C12H17N3O/c16-11-8-14-12(15-9-11)13-7-6-10-4-2-1-3-5-10/h1-5,11,16H,6-9H2,(H2,13,14,15). The normalized spacial score (nSPS) is 19.8. The second-order valence-electron chi connectivity index (χ2n) is 3.89. The van der Waals surface area contributed by atoms with E-state index in [0.29, 0.717) is 13.1 Å². The minimum Gasteiger partial charge on any atom is -0.389 e. The number of benzene rings is 1. The first-order valence-electron chi connectivity index (χ1n) is 5.59. The van der Waals surface area contributed by atoms with E-state index in [1.165, 1.54) is 5.56 Å². The molecule has 0 unspecified atom stereocenters. The Morgan fingerprint density at radius 2 is 2.19 bits per heavy atom. The Morgan fingerprint density at radius 1 is 1.38 bits per heavy atom. The fourth-order valence-corrected chi connectivity index (χ4v) is 1.62. The van der Waals surface area contributed by atoms with Gasteiger partial charge in [-0.15, -0.1) is 0 Å². The van der Waals surface area contributed by atoms with Crippen LogP contribution in [0, 0.1) is 0 Å². The largest absolute Gasteiger partial charge is 0.389 e. The fraction of sp³-hybridized carbons (Fsp3) is 0.417. The molecule has 16 heavy (non-hydrogen) atoms. The third kappa shape index (κ3) is 3.24. The van der Waals surface area contributed by atoms with E-state index >= 15 is 0 Å². The third-order valence-electron chi connectivity index (χ3n) is 2.51. The van der Waals surface area contributed by atoms with Gasteiger partial charge >= 0.3 is 0 Å². The molecule has 4 heteroatoms.